The van der Waals surface area contributed by atoms with Crippen LogP contribution < -0.4 is 11.3 Å². The highest BCUT2D eigenvalue weighted by Crippen LogP contribution is 2.00. The molecule has 0 aliphatic heterocycles. The van der Waals surface area contributed by atoms with Gasteiger partial charge in [-0.15, -0.1) is 0 Å². The van der Waals surface area contributed by atoms with Crippen LogP contribution in [0.2, 0.25) is 0 Å². The highest BCUT2D eigenvalue weighted by atomic mass is 16.3. The number of furan rings is 1. The van der Waals surface area contributed by atoms with Crippen molar-refractivity contribution in [3.05, 3.63) is 24.2 Å². The fourth-order valence-electron chi connectivity index (χ4n) is 0.843. The zero-order valence-corrected chi connectivity index (χ0v) is 7.08. The first kappa shape index (κ1) is 8.80. The Morgan fingerprint density at radius 3 is 3.08 bits per heavy atom. The molecule has 0 radical (unpaired) electrons. The van der Waals surface area contributed by atoms with Crippen molar-refractivity contribution in [3.8, 4) is 0 Å². The predicted octanol–water partition coefficient (Wildman–Crippen LogP) is 0.899. The average molecular weight is 167 g/mol. The summed E-state index contributed by atoms with van der Waals surface area (Å²) in [5.41, 5.74) is 3.41. The summed E-state index contributed by atoms with van der Waals surface area (Å²) >= 11 is 0. The first-order valence-corrected chi connectivity index (χ1v) is 3.92. The molecule has 12 heavy (non-hydrogen) atoms. The molecule has 1 aromatic heterocycles. The lowest BCUT2D eigenvalue weighted by atomic mass is 10.3. The van der Waals surface area contributed by atoms with Crippen LogP contribution in [0, 0.1) is 0 Å². The van der Waals surface area contributed by atoms with Crippen molar-refractivity contribution in [2.24, 2.45) is 10.8 Å². The highest BCUT2D eigenvalue weighted by molar-refractivity contribution is 5.97. The normalized spacial score (nSPS) is 11.7. The van der Waals surface area contributed by atoms with E-state index in [0.29, 0.717) is 5.84 Å². The maximum Gasteiger partial charge on any atom is 0.145 e. The molecular formula is C8H13N3O. The lowest BCUT2D eigenvalue weighted by molar-refractivity contribution is 0.566. The van der Waals surface area contributed by atoms with Gasteiger partial charge in [-0.25, -0.2) is 5.84 Å². The summed E-state index contributed by atoms with van der Waals surface area (Å²) < 4.78 is 4.90. The Balaban J connectivity index is 2.69. The van der Waals surface area contributed by atoms with Gasteiger partial charge in [0.15, 0.2) is 0 Å². The van der Waals surface area contributed by atoms with Crippen molar-refractivity contribution < 1.29 is 4.42 Å². The van der Waals surface area contributed by atoms with E-state index in [9.17, 15) is 0 Å². The van der Waals surface area contributed by atoms with Crippen LogP contribution in [0.4, 0.5) is 0 Å². The Hall–Kier alpha value is -1.29. The molecule has 0 spiro atoms. The molecule has 4 nitrogen and oxygen atoms in total. The summed E-state index contributed by atoms with van der Waals surface area (Å²) in [6, 6.07) is 1.81. The van der Waals surface area contributed by atoms with Gasteiger partial charge in [0.25, 0.3) is 0 Å². The predicted molar refractivity (Wildman–Crippen MR) is 47.7 cm³/mol. The second-order valence-corrected chi connectivity index (χ2v) is 2.39. The standard InChI is InChI=1S/C8H13N3O/c1-2-4-10-8(11-9)7-3-5-12-6-7/h3,5-6H,2,4,9H2,1H3,(H,10,11). The van der Waals surface area contributed by atoms with E-state index in [4.69, 9.17) is 10.3 Å². The van der Waals surface area contributed by atoms with Gasteiger partial charge in [-0.3, -0.25) is 4.99 Å². The number of aliphatic imine (C=N–C) groups is 1. The lowest BCUT2D eigenvalue weighted by Crippen LogP contribution is -2.31. The third kappa shape index (κ3) is 2.10. The molecule has 1 rings (SSSR count). The van der Waals surface area contributed by atoms with Crippen LogP contribution in [0.1, 0.15) is 18.9 Å². The molecule has 4 heteroatoms. The summed E-state index contributed by atoms with van der Waals surface area (Å²) in [6.07, 6.45) is 4.20. The second-order valence-electron chi connectivity index (χ2n) is 2.39. The Bertz CT molecular complexity index is 241. The van der Waals surface area contributed by atoms with E-state index >= 15 is 0 Å². The molecule has 0 fully saturated rings. The molecule has 66 valence electrons. The van der Waals surface area contributed by atoms with E-state index in [-0.39, 0.29) is 0 Å². The number of hydrazine groups is 1. The zero-order chi connectivity index (χ0) is 8.81. The van der Waals surface area contributed by atoms with Crippen LogP contribution in [-0.2, 0) is 0 Å². The average Bonchev–Trinajstić information content (AvgIpc) is 2.59. The van der Waals surface area contributed by atoms with E-state index in [2.05, 4.69) is 17.3 Å². The van der Waals surface area contributed by atoms with E-state index in [1.165, 1.54) is 0 Å². The van der Waals surface area contributed by atoms with Gasteiger partial charge in [-0.1, -0.05) is 6.92 Å². The fraction of sp³-hybridized carbons (Fsp3) is 0.375. The van der Waals surface area contributed by atoms with Gasteiger partial charge in [0, 0.05) is 6.54 Å². The number of rotatable bonds is 3. The van der Waals surface area contributed by atoms with Crippen LogP contribution in [-0.4, -0.2) is 12.4 Å². The smallest absolute Gasteiger partial charge is 0.145 e. The molecule has 0 unspecified atom stereocenters. The number of amidine groups is 1. The summed E-state index contributed by atoms with van der Waals surface area (Å²) in [4.78, 5) is 4.22. The third-order valence-electron chi connectivity index (χ3n) is 1.42. The number of nitrogens with zero attached hydrogens (tertiary/aromatic N) is 1. The lowest BCUT2D eigenvalue weighted by Gasteiger charge is -2.00. The Kier molecular flexibility index (Phi) is 3.35. The molecule has 0 aliphatic carbocycles. The number of nitrogens with two attached hydrogens (primary N) is 1. The molecule has 0 saturated carbocycles. The Morgan fingerprint density at radius 2 is 2.58 bits per heavy atom. The molecule has 1 heterocycles. The minimum atomic E-state index is 0.672. The largest absolute Gasteiger partial charge is 0.472 e. The van der Waals surface area contributed by atoms with Crippen LogP contribution in [0.5, 0.6) is 0 Å². The molecule has 0 saturated heterocycles. The van der Waals surface area contributed by atoms with Crippen molar-refractivity contribution in [2.75, 3.05) is 6.54 Å². The van der Waals surface area contributed by atoms with Gasteiger partial charge in [-0.05, 0) is 12.5 Å². The number of nitrogens with one attached hydrogen (secondary N) is 1. The van der Waals surface area contributed by atoms with Crippen LogP contribution in [0.3, 0.4) is 0 Å². The van der Waals surface area contributed by atoms with Crippen LogP contribution in [0.25, 0.3) is 0 Å². The molecule has 1 aromatic rings. The third-order valence-corrected chi connectivity index (χ3v) is 1.42. The molecule has 0 bridgehead atoms. The van der Waals surface area contributed by atoms with Crippen LogP contribution >= 0.6 is 0 Å². The molecule has 0 aromatic carbocycles. The van der Waals surface area contributed by atoms with E-state index in [1.807, 2.05) is 6.07 Å². The van der Waals surface area contributed by atoms with Crippen molar-refractivity contribution in [1.29, 1.82) is 0 Å². The van der Waals surface area contributed by atoms with E-state index < -0.39 is 0 Å². The fourth-order valence-corrected chi connectivity index (χ4v) is 0.843. The topological polar surface area (TPSA) is 63.5 Å². The molecule has 0 atom stereocenters. The van der Waals surface area contributed by atoms with Gasteiger partial charge >= 0.3 is 0 Å². The van der Waals surface area contributed by atoms with Crippen molar-refractivity contribution in [2.45, 2.75) is 13.3 Å². The molecular weight excluding hydrogens is 154 g/mol. The van der Waals surface area contributed by atoms with Gasteiger partial charge in [0.1, 0.15) is 12.1 Å². The summed E-state index contributed by atoms with van der Waals surface area (Å²) in [7, 11) is 0. The zero-order valence-electron chi connectivity index (χ0n) is 7.08. The second kappa shape index (κ2) is 4.56. The highest BCUT2D eigenvalue weighted by Gasteiger charge is 2.00. The molecule has 0 aliphatic rings. The monoisotopic (exact) mass is 167 g/mol. The Labute approximate surface area is 71.4 Å². The minimum Gasteiger partial charge on any atom is -0.472 e. The molecule has 0 amide bonds. The van der Waals surface area contributed by atoms with Crippen molar-refractivity contribution >= 4 is 5.84 Å². The first-order chi connectivity index (χ1) is 5.88. The first-order valence-electron chi connectivity index (χ1n) is 3.92. The maximum atomic E-state index is 5.28. The van der Waals surface area contributed by atoms with E-state index in [0.717, 1.165) is 18.5 Å². The summed E-state index contributed by atoms with van der Waals surface area (Å²) in [6.45, 7) is 2.83. The van der Waals surface area contributed by atoms with Gasteiger partial charge in [-0.2, -0.15) is 0 Å². The van der Waals surface area contributed by atoms with Crippen molar-refractivity contribution in [1.82, 2.24) is 5.43 Å². The number of hydrogen-bond acceptors (Lipinski definition) is 3. The Morgan fingerprint density at radius 1 is 1.75 bits per heavy atom. The minimum absolute atomic E-state index is 0.672. The molecule has 3 N–H and O–H groups in total. The number of hydrogen-bond donors (Lipinski definition) is 2. The summed E-state index contributed by atoms with van der Waals surface area (Å²) in [5, 5.41) is 0. The SMILES string of the molecule is CCCN=C(NN)c1ccoc1. The van der Waals surface area contributed by atoms with Crippen LogP contribution in [0.15, 0.2) is 28.0 Å². The van der Waals surface area contributed by atoms with E-state index in [1.54, 1.807) is 12.5 Å². The van der Waals surface area contributed by atoms with Gasteiger partial charge in [0.05, 0.1) is 11.8 Å². The van der Waals surface area contributed by atoms with Gasteiger partial charge < -0.3 is 9.84 Å². The van der Waals surface area contributed by atoms with Crippen molar-refractivity contribution in [3.63, 3.8) is 0 Å². The quantitative estimate of drug-likeness (QED) is 0.304. The van der Waals surface area contributed by atoms with Gasteiger partial charge in [0.2, 0.25) is 0 Å². The summed E-state index contributed by atoms with van der Waals surface area (Å²) in [5.74, 6) is 5.95. The maximum absolute atomic E-state index is 5.28.